The molecule has 0 aromatic heterocycles. The number of unbranched alkanes of at least 4 members (excludes halogenated alkanes) is 20. The fourth-order valence-electron chi connectivity index (χ4n) is 6.66. The molecule has 0 aliphatic heterocycles. The lowest BCUT2D eigenvalue weighted by atomic mass is 10.0. The molecule has 0 saturated carbocycles. The lowest BCUT2D eigenvalue weighted by molar-refractivity contribution is -0.151. The minimum atomic E-state index is -0.793. The van der Waals surface area contributed by atoms with Crippen molar-refractivity contribution in [3.05, 3.63) is 48.6 Å². The molecular weight excluding hydrogens is 671 g/mol. The summed E-state index contributed by atoms with van der Waals surface area (Å²) in [5, 5.41) is 23.6. The topological polar surface area (TPSA) is 95.9 Å². The molecule has 54 heavy (non-hydrogen) atoms. The fourth-order valence-corrected chi connectivity index (χ4v) is 6.66. The van der Waals surface area contributed by atoms with Crippen LogP contribution in [0.3, 0.4) is 0 Å². The number of rotatable bonds is 40. The summed E-state index contributed by atoms with van der Waals surface area (Å²) in [5.74, 6) is -0.509. The number of nitrogens with one attached hydrogen (secondary N) is 1. The zero-order chi connectivity index (χ0) is 39.6. The van der Waals surface area contributed by atoms with Gasteiger partial charge >= 0.3 is 5.97 Å². The number of allylic oxidation sites excluding steroid dienone is 8. The van der Waals surface area contributed by atoms with E-state index in [-0.39, 0.29) is 24.9 Å². The van der Waals surface area contributed by atoms with Gasteiger partial charge in [-0.25, -0.2) is 0 Å². The van der Waals surface area contributed by atoms with Gasteiger partial charge in [-0.3, -0.25) is 9.59 Å². The molecule has 0 aromatic rings. The molecule has 3 atom stereocenters. The molecule has 0 radical (unpaired) electrons. The van der Waals surface area contributed by atoms with Crippen molar-refractivity contribution < 1.29 is 24.5 Å². The molecule has 0 rings (SSSR count). The van der Waals surface area contributed by atoms with Gasteiger partial charge < -0.3 is 20.3 Å². The Morgan fingerprint density at radius 1 is 0.556 bits per heavy atom. The maximum Gasteiger partial charge on any atom is 0.306 e. The molecule has 0 aliphatic carbocycles. The summed E-state index contributed by atoms with van der Waals surface area (Å²) in [5.41, 5.74) is 0. The number of aliphatic hydroxyl groups excluding tert-OH is 2. The molecule has 3 unspecified atom stereocenters. The summed E-state index contributed by atoms with van der Waals surface area (Å²) in [6.07, 6.45) is 48.8. The number of hydrogen-bond donors (Lipinski definition) is 3. The van der Waals surface area contributed by atoms with Crippen molar-refractivity contribution in [3.8, 4) is 0 Å². The predicted octanol–water partition coefficient (Wildman–Crippen LogP) is 13.1. The molecule has 0 fully saturated rings. The number of carbonyl (C=O) groups is 2. The van der Waals surface area contributed by atoms with Gasteiger partial charge in [0.05, 0.1) is 25.2 Å². The Balaban J connectivity index is 4.66. The van der Waals surface area contributed by atoms with E-state index in [0.29, 0.717) is 19.3 Å². The highest BCUT2D eigenvalue weighted by Crippen LogP contribution is 2.17. The highest BCUT2D eigenvalue weighted by molar-refractivity contribution is 5.77. The van der Waals surface area contributed by atoms with E-state index >= 15 is 0 Å². The van der Waals surface area contributed by atoms with Crippen molar-refractivity contribution >= 4 is 11.9 Å². The van der Waals surface area contributed by atoms with E-state index in [9.17, 15) is 19.8 Å². The van der Waals surface area contributed by atoms with Gasteiger partial charge in [0.1, 0.15) is 6.10 Å². The number of carbonyl (C=O) groups excluding carboxylic acids is 2. The number of hydrogen-bond acceptors (Lipinski definition) is 5. The first-order chi connectivity index (χ1) is 26.5. The third kappa shape index (κ3) is 36.8. The molecule has 0 aliphatic rings. The van der Waals surface area contributed by atoms with Crippen LogP contribution in [0, 0.1) is 0 Å². The first-order valence-corrected chi connectivity index (χ1v) is 22.9. The Bertz CT molecular complexity index is 941. The maximum absolute atomic E-state index is 13.1. The lowest BCUT2D eigenvalue weighted by Gasteiger charge is -2.24. The summed E-state index contributed by atoms with van der Waals surface area (Å²) >= 11 is 0. The summed E-state index contributed by atoms with van der Waals surface area (Å²) in [7, 11) is 0. The molecule has 0 bridgehead atoms. The number of aliphatic hydroxyl groups is 2. The largest absolute Gasteiger partial charge is 0.462 e. The molecule has 0 aromatic carbocycles. The third-order valence-corrected chi connectivity index (χ3v) is 10.1. The van der Waals surface area contributed by atoms with Gasteiger partial charge in [-0.2, -0.15) is 0 Å². The van der Waals surface area contributed by atoms with Crippen molar-refractivity contribution in [3.63, 3.8) is 0 Å². The van der Waals surface area contributed by atoms with Crippen LogP contribution in [0.25, 0.3) is 0 Å². The SMILES string of the molecule is CC/C=C/C/C=C/C/C=C/CCCCCCC(CC(=O)NC(CO)C(O)CCCCCCCCCCCC)OC(=O)CCCCCCC/C=C\CCCC. The molecule has 6 heteroatoms. The van der Waals surface area contributed by atoms with Crippen molar-refractivity contribution in [2.75, 3.05) is 6.61 Å². The molecule has 0 saturated heterocycles. The number of amides is 1. The molecule has 6 nitrogen and oxygen atoms in total. The van der Waals surface area contributed by atoms with E-state index in [4.69, 9.17) is 4.74 Å². The van der Waals surface area contributed by atoms with E-state index in [2.05, 4.69) is 74.7 Å². The molecule has 314 valence electrons. The van der Waals surface area contributed by atoms with E-state index in [1.165, 1.54) is 77.0 Å². The smallest absolute Gasteiger partial charge is 0.306 e. The van der Waals surface area contributed by atoms with Crippen molar-refractivity contribution in [2.45, 2.75) is 238 Å². The monoisotopic (exact) mass is 758 g/mol. The second-order valence-corrected chi connectivity index (χ2v) is 15.4. The van der Waals surface area contributed by atoms with Crippen LogP contribution in [0.15, 0.2) is 48.6 Å². The van der Waals surface area contributed by atoms with Crippen LogP contribution in [0.2, 0.25) is 0 Å². The third-order valence-electron chi connectivity index (χ3n) is 10.1. The molecule has 1 amide bonds. The Morgan fingerprint density at radius 3 is 1.59 bits per heavy atom. The van der Waals surface area contributed by atoms with E-state index in [0.717, 1.165) is 96.3 Å². The maximum atomic E-state index is 13.1. The zero-order valence-electron chi connectivity index (χ0n) is 35.6. The highest BCUT2D eigenvalue weighted by Gasteiger charge is 2.24. The minimum Gasteiger partial charge on any atom is -0.462 e. The summed E-state index contributed by atoms with van der Waals surface area (Å²) in [6, 6.07) is -0.708. The highest BCUT2D eigenvalue weighted by atomic mass is 16.5. The van der Waals surface area contributed by atoms with Crippen LogP contribution in [0.1, 0.15) is 220 Å². The molecular formula is C48H87NO5. The quantitative estimate of drug-likeness (QED) is 0.0329. The van der Waals surface area contributed by atoms with Crippen LogP contribution in [-0.2, 0) is 14.3 Å². The molecule has 0 heterocycles. The van der Waals surface area contributed by atoms with Crippen LogP contribution in [0.5, 0.6) is 0 Å². The Kier molecular flexibility index (Phi) is 40.3. The number of ether oxygens (including phenoxy) is 1. The van der Waals surface area contributed by atoms with Gasteiger partial charge in [0.15, 0.2) is 0 Å². The second kappa shape index (κ2) is 42.0. The Labute approximate surface area is 334 Å². The standard InChI is InChI=1S/C48H87NO5/c1-4-7-10-13-16-19-22-23-24-26-27-30-33-36-39-44(54-48(53)41-38-35-32-29-25-20-17-14-11-8-5-2)42-47(52)49-45(43-50)46(51)40-37-34-31-28-21-18-15-12-9-6-3/h7,10,14,16-17,19,23-24,44-46,50-51H,4-6,8-9,11-13,15,18,20-22,25-43H2,1-3H3,(H,49,52)/b10-7+,17-14-,19-16+,24-23+. The summed E-state index contributed by atoms with van der Waals surface area (Å²) in [6.45, 7) is 6.30. The van der Waals surface area contributed by atoms with Gasteiger partial charge in [-0.15, -0.1) is 0 Å². The second-order valence-electron chi connectivity index (χ2n) is 15.4. The van der Waals surface area contributed by atoms with Crippen molar-refractivity contribution in [2.24, 2.45) is 0 Å². The zero-order valence-corrected chi connectivity index (χ0v) is 35.6. The molecule has 3 N–H and O–H groups in total. The van der Waals surface area contributed by atoms with Gasteiger partial charge in [-0.1, -0.05) is 179 Å². The fraction of sp³-hybridized carbons (Fsp3) is 0.792. The van der Waals surface area contributed by atoms with E-state index in [1.54, 1.807) is 0 Å². The van der Waals surface area contributed by atoms with E-state index in [1.807, 2.05) is 0 Å². The average molecular weight is 758 g/mol. The predicted molar refractivity (Wildman–Crippen MR) is 232 cm³/mol. The van der Waals surface area contributed by atoms with Crippen LogP contribution < -0.4 is 5.32 Å². The van der Waals surface area contributed by atoms with Crippen LogP contribution in [0.4, 0.5) is 0 Å². The Morgan fingerprint density at radius 2 is 1.02 bits per heavy atom. The summed E-state index contributed by atoms with van der Waals surface area (Å²) < 4.78 is 5.89. The average Bonchev–Trinajstić information content (AvgIpc) is 3.16. The van der Waals surface area contributed by atoms with Gasteiger partial charge in [-0.05, 0) is 77.0 Å². The molecule has 0 spiro atoms. The van der Waals surface area contributed by atoms with Crippen molar-refractivity contribution in [1.82, 2.24) is 5.32 Å². The lowest BCUT2D eigenvalue weighted by Crippen LogP contribution is -2.46. The van der Waals surface area contributed by atoms with Gasteiger partial charge in [0, 0.05) is 6.42 Å². The van der Waals surface area contributed by atoms with Crippen molar-refractivity contribution in [1.29, 1.82) is 0 Å². The first kappa shape index (κ1) is 51.8. The van der Waals surface area contributed by atoms with Gasteiger partial charge in [0.2, 0.25) is 5.91 Å². The number of esters is 1. The Hall–Kier alpha value is -2.18. The van der Waals surface area contributed by atoms with E-state index < -0.39 is 18.2 Å². The van der Waals surface area contributed by atoms with Crippen LogP contribution >= 0.6 is 0 Å². The first-order valence-electron chi connectivity index (χ1n) is 22.9. The normalized spacial score (nSPS) is 13.8. The summed E-state index contributed by atoms with van der Waals surface area (Å²) in [4.78, 5) is 26.0. The minimum absolute atomic E-state index is 0.0590. The van der Waals surface area contributed by atoms with Crippen LogP contribution in [-0.4, -0.2) is 46.9 Å². The van der Waals surface area contributed by atoms with Gasteiger partial charge in [0.25, 0.3) is 0 Å².